The fourth-order valence-electron chi connectivity index (χ4n) is 2.02. The van der Waals surface area contributed by atoms with Gasteiger partial charge in [-0.15, -0.1) is 0 Å². The maximum absolute atomic E-state index is 11.5. The van der Waals surface area contributed by atoms with Crippen molar-refractivity contribution in [1.29, 1.82) is 0 Å². The Morgan fingerprint density at radius 3 is 2.42 bits per heavy atom. The van der Waals surface area contributed by atoms with E-state index < -0.39 is 13.2 Å². The molecule has 0 fully saturated rings. The van der Waals surface area contributed by atoms with Crippen LogP contribution in [0, 0.1) is 10.1 Å². The molecule has 0 bridgehead atoms. The number of nitrogens with zero attached hydrogens (tertiary/aromatic N) is 2. The molecule has 5 nitrogen and oxygen atoms in total. The lowest BCUT2D eigenvalue weighted by molar-refractivity contribution is -0.385. The van der Waals surface area contributed by atoms with E-state index in [1.165, 1.54) is 0 Å². The number of aromatic nitrogens is 1. The van der Waals surface area contributed by atoms with Crippen LogP contribution in [0.4, 0.5) is 5.69 Å². The van der Waals surface area contributed by atoms with E-state index in [4.69, 9.17) is 4.43 Å². The Kier molecular flexibility index (Phi) is 6.24. The highest BCUT2D eigenvalue weighted by atomic mass is 28.4. The summed E-state index contributed by atoms with van der Waals surface area (Å²) in [5, 5.41) is 11.6. The Morgan fingerprint density at radius 2 is 1.96 bits per heavy atom. The average Bonchev–Trinajstić information content (AvgIpc) is 2.44. The third-order valence-corrected chi connectivity index (χ3v) is 9.10. The van der Waals surface area contributed by atoms with Gasteiger partial charge in [0.15, 0.2) is 8.32 Å². The predicted molar refractivity (Wildman–Crippen MR) is 102 cm³/mol. The second-order valence-corrected chi connectivity index (χ2v) is 12.4. The van der Waals surface area contributed by atoms with E-state index in [1.807, 2.05) is 0 Å². The number of hydrogen-bond acceptors (Lipinski definition) is 4. The molecule has 0 aliphatic rings. The largest absolute Gasteiger partial charge is 0.416 e. The molecule has 1 aromatic rings. The summed E-state index contributed by atoms with van der Waals surface area (Å²) < 4.78 is 6.14. The predicted octanol–water partition coefficient (Wildman–Crippen LogP) is 5.45. The standard InChI is InChI=1S/C18H28N2O3Si/c1-13(2)16-17(20(21)22)15(9-11-19-16)14(3)10-12-23-24(7,8)18(4,5)6/h9,11H,1,3,10,12H2,2,4-8H3. The molecule has 0 amide bonds. The Balaban J connectivity index is 2.96. The van der Waals surface area contributed by atoms with Gasteiger partial charge in [-0.25, -0.2) is 4.98 Å². The first-order valence-electron chi connectivity index (χ1n) is 8.00. The first-order valence-corrected chi connectivity index (χ1v) is 10.9. The van der Waals surface area contributed by atoms with E-state index >= 15 is 0 Å². The van der Waals surface area contributed by atoms with Gasteiger partial charge in [-0.05, 0) is 48.7 Å². The monoisotopic (exact) mass is 348 g/mol. The Bertz CT molecular complexity index is 661. The molecule has 0 aromatic carbocycles. The van der Waals surface area contributed by atoms with Crippen LogP contribution < -0.4 is 0 Å². The van der Waals surface area contributed by atoms with Crippen LogP contribution in [0.1, 0.15) is 45.4 Å². The molecule has 132 valence electrons. The minimum atomic E-state index is -1.84. The number of nitro groups is 1. The highest BCUT2D eigenvalue weighted by Crippen LogP contribution is 2.37. The zero-order valence-electron chi connectivity index (χ0n) is 15.6. The zero-order valence-corrected chi connectivity index (χ0v) is 16.6. The van der Waals surface area contributed by atoms with Crippen molar-refractivity contribution in [3.8, 4) is 0 Å². The minimum Gasteiger partial charge on any atom is -0.416 e. The van der Waals surface area contributed by atoms with E-state index in [-0.39, 0.29) is 10.7 Å². The van der Waals surface area contributed by atoms with Crippen LogP contribution in [0.2, 0.25) is 18.1 Å². The van der Waals surface area contributed by atoms with Gasteiger partial charge in [0.05, 0.1) is 10.5 Å². The molecular formula is C18H28N2O3Si. The molecule has 0 N–H and O–H groups in total. The number of hydrogen-bond donors (Lipinski definition) is 0. The summed E-state index contributed by atoms with van der Waals surface area (Å²) in [4.78, 5) is 15.2. The van der Waals surface area contributed by atoms with Gasteiger partial charge in [0, 0.05) is 12.8 Å². The van der Waals surface area contributed by atoms with E-state index in [9.17, 15) is 10.1 Å². The van der Waals surface area contributed by atoms with Crippen molar-refractivity contribution in [2.24, 2.45) is 0 Å². The molecule has 0 unspecified atom stereocenters. The molecule has 6 heteroatoms. The lowest BCUT2D eigenvalue weighted by Crippen LogP contribution is -2.40. The summed E-state index contributed by atoms with van der Waals surface area (Å²) in [5.41, 5.74) is 2.04. The van der Waals surface area contributed by atoms with Crippen LogP contribution in [0.5, 0.6) is 0 Å². The molecule has 1 heterocycles. The van der Waals surface area contributed by atoms with Gasteiger partial charge in [0.25, 0.3) is 0 Å². The minimum absolute atomic E-state index is 0.0256. The smallest absolute Gasteiger partial charge is 0.302 e. The second-order valence-electron chi connectivity index (χ2n) is 7.56. The van der Waals surface area contributed by atoms with Crippen molar-refractivity contribution in [3.05, 3.63) is 46.8 Å². The van der Waals surface area contributed by atoms with Crippen molar-refractivity contribution in [1.82, 2.24) is 4.98 Å². The van der Waals surface area contributed by atoms with Gasteiger partial charge in [-0.1, -0.05) is 33.9 Å². The third kappa shape index (κ3) is 4.61. The van der Waals surface area contributed by atoms with E-state index in [2.05, 4.69) is 52.0 Å². The molecule has 0 saturated carbocycles. The fourth-order valence-corrected chi connectivity index (χ4v) is 3.06. The molecule has 1 rings (SSSR count). The van der Waals surface area contributed by atoms with Crippen molar-refractivity contribution in [2.45, 2.75) is 52.2 Å². The SMILES string of the molecule is C=C(CCO[Si](C)(C)C(C)(C)C)c1ccnc(C(=C)C)c1[N+](=O)[O-]. The van der Waals surface area contributed by atoms with Crippen LogP contribution >= 0.6 is 0 Å². The summed E-state index contributed by atoms with van der Waals surface area (Å²) in [7, 11) is -1.84. The number of rotatable bonds is 7. The Hall–Kier alpha value is -1.79. The third-order valence-electron chi connectivity index (χ3n) is 4.56. The molecule has 0 atom stereocenters. The van der Waals surface area contributed by atoms with Gasteiger partial charge in [-0.3, -0.25) is 10.1 Å². The first kappa shape index (κ1) is 20.3. The van der Waals surface area contributed by atoms with Crippen molar-refractivity contribution < 1.29 is 9.35 Å². The molecule has 24 heavy (non-hydrogen) atoms. The Labute approximate surface area is 145 Å². The summed E-state index contributed by atoms with van der Waals surface area (Å²) >= 11 is 0. The van der Waals surface area contributed by atoms with Gasteiger partial charge >= 0.3 is 5.69 Å². The lowest BCUT2D eigenvalue weighted by atomic mass is 10.0. The van der Waals surface area contributed by atoms with Gasteiger partial charge in [0.1, 0.15) is 5.69 Å². The highest BCUT2D eigenvalue weighted by Gasteiger charge is 2.37. The fraction of sp³-hybridized carbons (Fsp3) is 0.500. The van der Waals surface area contributed by atoms with E-state index in [1.54, 1.807) is 19.2 Å². The van der Waals surface area contributed by atoms with Gasteiger partial charge in [-0.2, -0.15) is 0 Å². The molecule has 0 spiro atoms. The van der Waals surface area contributed by atoms with Crippen LogP contribution in [-0.2, 0) is 4.43 Å². The molecule has 0 saturated heterocycles. The summed E-state index contributed by atoms with van der Waals surface area (Å²) in [6.07, 6.45) is 2.11. The topological polar surface area (TPSA) is 65.3 Å². The number of pyridine rings is 1. The average molecular weight is 349 g/mol. The lowest BCUT2D eigenvalue weighted by Gasteiger charge is -2.36. The normalized spacial score (nSPS) is 12.1. The zero-order chi connectivity index (χ0) is 18.7. The second kappa shape index (κ2) is 7.40. The molecular weight excluding hydrogens is 320 g/mol. The molecule has 0 aliphatic heterocycles. The molecule has 1 aromatic heterocycles. The van der Waals surface area contributed by atoms with E-state index in [0.717, 1.165) is 0 Å². The van der Waals surface area contributed by atoms with Crippen molar-refractivity contribution in [3.63, 3.8) is 0 Å². The van der Waals surface area contributed by atoms with Crippen LogP contribution in [0.25, 0.3) is 11.1 Å². The quantitative estimate of drug-likeness (QED) is 0.373. The van der Waals surface area contributed by atoms with Crippen LogP contribution in [0.15, 0.2) is 25.4 Å². The van der Waals surface area contributed by atoms with E-state index in [0.29, 0.717) is 35.4 Å². The van der Waals surface area contributed by atoms with Crippen molar-refractivity contribution >= 4 is 25.2 Å². The number of allylic oxidation sites excluding steroid dienone is 1. The summed E-state index contributed by atoms with van der Waals surface area (Å²) in [6.45, 7) is 20.9. The van der Waals surface area contributed by atoms with Crippen LogP contribution in [0.3, 0.4) is 0 Å². The van der Waals surface area contributed by atoms with Gasteiger partial charge in [0.2, 0.25) is 0 Å². The maximum Gasteiger partial charge on any atom is 0.302 e. The Morgan fingerprint density at radius 1 is 1.38 bits per heavy atom. The highest BCUT2D eigenvalue weighted by molar-refractivity contribution is 6.74. The van der Waals surface area contributed by atoms with Crippen molar-refractivity contribution in [2.75, 3.05) is 6.61 Å². The van der Waals surface area contributed by atoms with Gasteiger partial charge < -0.3 is 4.43 Å². The maximum atomic E-state index is 11.5. The van der Waals surface area contributed by atoms with Crippen LogP contribution in [-0.4, -0.2) is 24.8 Å². The first-order chi connectivity index (χ1) is 10.9. The molecule has 0 radical (unpaired) electrons. The summed E-state index contributed by atoms with van der Waals surface area (Å²) in [5.74, 6) is 0. The molecule has 0 aliphatic carbocycles. The summed E-state index contributed by atoms with van der Waals surface area (Å²) in [6, 6.07) is 1.64.